The average Bonchev–Trinajstić information content (AvgIpc) is 2.88. The number of rotatable bonds is 8. The minimum Gasteiger partial charge on any atom is -0.268 e. The molecule has 2 N–H and O–H groups in total. The van der Waals surface area contributed by atoms with Gasteiger partial charge in [-0.3, -0.25) is 29.8 Å². The van der Waals surface area contributed by atoms with E-state index in [-0.39, 0.29) is 27.4 Å². The van der Waals surface area contributed by atoms with Crippen molar-refractivity contribution in [1.82, 2.24) is 13.7 Å². The molecule has 0 aliphatic carbocycles. The van der Waals surface area contributed by atoms with Crippen molar-refractivity contribution < 1.29 is 36.3 Å². The molecular weight excluding hydrogens is 570 g/mol. The summed E-state index contributed by atoms with van der Waals surface area (Å²) in [6.07, 6.45) is 0. The number of non-ortho nitro benzene ring substituents is 2. The zero-order valence-corrected chi connectivity index (χ0v) is 22.8. The molecule has 0 aliphatic heterocycles. The van der Waals surface area contributed by atoms with Gasteiger partial charge in [-0.2, -0.15) is 12.7 Å². The molecule has 0 aromatic heterocycles. The van der Waals surface area contributed by atoms with Gasteiger partial charge in [-0.25, -0.2) is 17.9 Å². The van der Waals surface area contributed by atoms with Crippen LogP contribution in [0.2, 0.25) is 0 Å². The van der Waals surface area contributed by atoms with Gasteiger partial charge in [-0.15, -0.1) is 0 Å². The number of nitrogens with one attached hydrogen (secondary N) is 2. The molecule has 3 rings (SSSR count). The number of benzene rings is 3. The SMILES string of the molecule is CN(C)S(=O)(=O)NC(=O)c1cccc([N+](=O)[O-])c1.Cc1ccc(S(=O)(=O)NC(=O)c2ccc([N+](=O)[O-])cc2)cc1. The van der Waals surface area contributed by atoms with Gasteiger partial charge in [0.15, 0.2) is 0 Å². The van der Waals surface area contributed by atoms with Crippen molar-refractivity contribution in [2.75, 3.05) is 14.1 Å². The summed E-state index contributed by atoms with van der Waals surface area (Å²) in [6.45, 7) is 1.81. The summed E-state index contributed by atoms with van der Waals surface area (Å²) < 4.78 is 51.4. The molecule has 0 unspecified atom stereocenters. The van der Waals surface area contributed by atoms with Crippen LogP contribution in [0.25, 0.3) is 0 Å². The number of hydrogen-bond donors (Lipinski definition) is 2. The van der Waals surface area contributed by atoms with Crippen LogP contribution in [0.1, 0.15) is 26.3 Å². The van der Waals surface area contributed by atoms with Gasteiger partial charge < -0.3 is 0 Å². The van der Waals surface area contributed by atoms with Crippen molar-refractivity contribution in [2.24, 2.45) is 0 Å². The number of carbonyl (C=O) groups excluding carboxylic acids is 2. The molecule has 0 spiro atoms. The Kier molecular flexibility index (Phi) is 10.1. The summed E-state index contributed by atoms with van der Waals surface area (Å²) in [6, 6.07) is 15.5. The minimum atomic E-state index is -3.98. The average molecular weight is 594 g/mol. The Labute approximate surface area is 229 Å². The van der Waals surface area contributed by atoms with E-state index in [0.29, 0.717) is 0 Å². The minimum absolute atomic E-state index is 0.0151. The van der Waals surface area contributed by atoms with E-state index in [1.807, 2.05) is 11.6 Å². The number of nitro groups is 2. The summed E-state index contributed by atoms with van der Waals surface area (Å²) in [5, 5.41) is 21.0. The molecule has 0 bridgehead atoms. The number of amides is 2. The largest absolute Gasteiger partial charge is 0.303 e. The topological polar surface area (TPSA) is 216 Å². The first kappa shape index (κ1) is 31.5. The highest BCUT2D eigenvalue weighted by molar-refractivity contribution is 7.90. The number of nitrogens with zero attached hydrogens (tertiary/aromatic N) is 3. The smallest absolute Gasteiger partial charge is 0.268 e. The van der Waals surface area contributed by atoms with Gasteiger partial charge in [-0.1, -0.05) is 23.8 Å². The van der Waals surface area contributed by atoms with Crippen LogP contribution in [0.5, 0.6) is 0 Å². The summed E-state index contributed by atoms with van der Waals surface area (Å²) in [4.78, 5) is 43.3. The highest BCUT2D eigenvalue weighted by Gasteiger charge is 2.20. The van der Waals surface area contributed by atoms with E-state index in [1.54, 1.807) is 16.9 Å². The van der Waals surface area contributed by atoms with Gasteiger partial charge in [0, 0.05) is 49.5 Å². The Bertz CT molecular complexity index is 1640. The second kappa shape index (κ2) is 12.9. The van der Waals surface area contributed by atoms with Crippen molar-refractivity contribution in [2.45, 2.75) is 11.8 Å². The van der Waals surface area contributed by atoms with Crippen LogP contribution in [0.4, 0.5) is 11.4 Å². The summed E-state index contributed by atoms with van der Waals surface area (Å²) in [5.74, 6) is -1.78. The first-order valence-electron chi connectivity index (χ1n) is 10.9. The number of sulfonamides is 1. The maximum atomic E-state index is 12.1. The lowest BCUT2D eigenvalue weighted by molar-refractivity contribution is -0.385. The molecule has 2 amide bonds. The molecule has 0 atom stereocenters. The Balaban J connectivity index is 0.000000286. The van der Waals surface area contributed by atoms with E-state index in [9.17, 15) is 46.7 Å². The molecule has 212 valence electrons. The second-order valence-corrected chi connectivity index (χ2v) is 11.6. The van der Waals surface area contributed by atoms with Crippen LogP contribution in [0, 0.1) is 27.2 Å². The third-order valence-electron chi connectivity index (χ3n) is 4.92. The predicted octanol–water partition coefficient (Wildman–Crippen LogP) is 2.15. The standard InChI is InChI=1S/C14H12N2O5S.C9H11N3O5S/c1-10-2-8-13(9-3-10)22(20,21)15-14(17)11-4-6-12(7-5-11)16(18)19;1-11(2)18(16,17)10-9(13)7-4-3-5-8(6-7)12(14)15/h2-9H,1H3,(H,15,17);3-6H,1-2H3,(H,10,13). The van der Waals surface area contributed by atoms with Gasteiger partial charge >= 0.3 is 10.2 Å². The van der Waals surface area contributed by atoms with E-state index in [2.05, 4.69) is 0 Å². The fraction of sp³-hybridized carbons (Fsp3) is 0.130. The van der Waals surface area contributed by atoms with E-state index in [4.69, 9.17) is 0 Å². The van der Waals surface area contributed by atoms with Crippen LogP contribution < -0.4 is 9.44 Å². The summed E-state index contributed by atoms with van der Waals surface area (Å²) in [5.41, 5.74) is 0.333. The third kappa shape index (κ3) is 8.65. The predicted molar refractivity (Wildman–Crippen MR) is 142 cm³/mol. The first-order valence-corrected chi connectivity index (χ1v) is 13.8. The highest BCUT2D eigenvalue weighted by Crippen LogP contribution is 2.15. The molecule has 0 aliphatic rings. The normalized spacial score (nSPS) is 11.1. The lowest BCUT2D eigenvalue weighted by Crippen LogP contribution is -2.39. The Hall–Kier alpha value is -4.74. The fourth-order valence-corrected chi connectivity index (χ4v) is 4.23. The molecule has 0 saturated heterocycles. The third-order valence-corrected chi connectivity index (χ3v) is 7.67. The number of aryl methyl sites for hydroxylation is 1. The Morgan fingerprint density at radius 1 is 0.725 bits per heavy atom. The zero-order valence-electron chi connectivity index (χ0n) is 21.2. The Morgan fingerprint density at radius 3 is 1.75 bits per heavy atom. The monoisotopic (exact) mass is 593 g/mol. The summed E-state index contributed by atoms with van der Waals surface area (Å²) in [7, 11) is -5.39. The van der Waals surface area contributed by atoms with Crippen LogP contribution >= 0.6 is 0 Å². The molecule has 0 fully saturated rings. The van der Waals surface area contributed by atoms with Crippen LogP contribution in [0.3, 0.4) is 0 Å². The molecule has 40 heavy (non-hydrogen) atoms. The van der Waals surface area contributed by atoms with Gasteiger partial charge in [-0.05, 0) is 37.3 Å². The van der Waals surface area contributed by atoms with Gasteiger partial charge in [0.1, 0.15) is 0 Å². The zero-order chi connectivity index (χ0) is 30.3. The number of nitro benzene ring substituents is 2. The molecule has 15 nitrogen and oxygen atoms in total. The second-order valence-electron chi connectivity index (χ2n) is 8.08. The van der Waals surface area contributed by atoms with Crippen LogP contribution in [0.15, 0.2) is 77.7 Å². The van der Waals surface area contributed by atoms with Crippen LogP contribution in [-0.2, 0) is 20.2 Å². The van der Waals surface area contributed by atoms with E-state index in [0.717, 1.165) is 28.1 Å². The lowest BCUT2D eigenvalue weighted by Gasteiger charge is -2.11. The van der Waals surface area contributed by atoms with Gasteiger partial charge in [0.2, 0.25) is 0 Å². The number of hydrogen-bond acceptors (Lipinski definition) is 10. The van der Waals surface area contributed by atoms with Gasteiger partial charge in [0.25, 0.3) is 33.2 Å². The molecule has 3 aromatic rings. The van der Waals surface area contributed by atoms with Crippen molar-refractivity contribution in [3.8, 4) is 0 Å². The Morgan fingerprint density at radius 2 is 1.25 bits per heavy atom. The highest BCUT2D eigenvalue weighted by atomic mass is 32.2. The van der Waals surface area contributed by atoms with E-state index < -0.39 is 41.9 Å². The fourth-order valence-electron chi connectivity index (χ4n) is 2.72. The van der Waals surface area contributed by atoms with Crippen molar-refractivity contribution in [3.63, 3.8) is 0 Å². The molecule has 0 saturated carbocycles. The van der Waals surface area contributed by atoms with Crippen molar-refractivity contribution in [3.05, 3.63) is 110 Å². The lowest BCUT2D eigenvalue weighted by atomic mass is 10.2. The van der Waals surface area contributed by atoms with Crippen LogP contribution in [-0.4, -0.2) is 56.9 Å². The first-order chi connectivity index (χ1) is 18.5. The quantitative estimate of drug-likeness (QED) is 0.286. The maximum absolute atomic E-state index is 12.1. The number of carbonyl (C=O) groups is 2. The molecular formula is C23H23N5O10S2. The van der Waals surface area contributed by atoms with E-state index >= 15 is 0 Å². The molecule has 0 radical (unpaired) electrons. The van der Waals surface area contributed by atoms with Crippen molar-refractivity contribution in [1.29, 1.82) is 0 Å². The molecule has 0 heterocycles. The molecule has 3 aromatic carbocycles. The van der Waals surface area contributed by atoms with E-state index in [1.165, 1.54) is 56.6 Å². The van der Waals surface area contributed by atoms with Gasteiger partial charge in [0.05, 0.1) is 14.7 Å². The van der Waals surface area contributed by atoms with Crippen molar-refractivity contribution >= 4 is 43.4 Å². The maximum Gasteiger partial charge on any atom is 0.303 e. The molecule has 17 heteroatoms. The summed E-state index contributed by atoms with van der Waals surface area (Å²) >= 11 is 0.